The number of carbonyl (C=O) groups excluding carboxylic acids is 1. The van der Waals surface area contributed by atoms with Crippen LogP contribution in [0.2, 0.25) is 5.02 Å². The number of halogens is 2. The number of nitrogens with zero attached hydrogens (tertiary/aromatic N) is 1. The number of carbonyl (C=O) groups is 1. The van der Waals surface area contributed by atoms with Crippen molar-refractivity contribution in [2.45, 2.75) is 26.8 Å². The molecule has 5 heteroatoms. The summed E-state index contributed by atoms with van der Waals surface area (Å²) < 4.78 is 0.807. The maximum atomic E-state index is 12.0. The third-order valence-corrected chi connectivity index (χ3v) is 3.79. The molecule has 0 saturated carbocycles. The van der Waals surface area contributed by atoms with Crippen molar-refractivity contribution in [2.75, 3.05) is 19.6 Å². The lowest BCUT2D eigenvalue weighted by atomic mass is 10.2. The van der Waals surface area contributed by atoms with Crippen molar-refractivity contribution in [1.82, 2.24) is 10.2 Å². The summed E-state index contributed by atoms with van der Waals surface area (Å²) in [6.07, 6.45) is 0. The maximum Gasteiger partial charge on any atom is 0.251 e. The molecule has 0 spiro atoms. The van der Waals surface area contributed by atoms with Gasteiger partial charge in [-0.1, -0.05) is 41.4 Å². The minimum absolute atomic E-state index is 0.0952. The van der Waals surface area contributed by atoms with Crippen molar-refractivity contribution in [3.63, 3.8) is 0 Å². The molecule has 1 aromatic rings. The van der Waals surface area contributed by atoms with E-state index in [1.54, 1.807) is 18.2 Å². The van der Waals surface area contributed by atoms with E-state index in [4.69, 9.17) is 11.6 Å². The highest BCUT2D eigenvalue weighted by Gasteiger charge is 2.12. The first-order chi connectivity index (χ1) is 8.97. The topological polar surface area (TPSA) is 32.3 Å². The Morgan fingerprint density at radius 3 is 2.53 bits per heavy atom. The summed E-state index contributed by atoms with van der Waals surface area (Å²) >= 11 is 9.27. The number of likely N-dealkylation sites (N-methyl/N-ethyl adjacent to an activating group) is 1. The molecule has 19 heavy (non-hydrogen) atoms. The van der Waals surface area contributed by atoms with Gasteiger partial charge in [0.2, 0.25) is 0 Å². The highest BCUT2D eigenvalue weighted by molar-refractivity contribution is 9.10. The Balaban J connectivity index is 2.60. The zero-order valence-electron chi connectivity index (χ0n) is 11.5. The van der Waals surface area contributed by atoms with Crippen LogP contribution >= 0.6 is 27.5 Å². The highest BCUT2D eigenvalue weighted by Crippen LogP contribution is 2.19. The van der Waals surface area contributed by atoms with Crippen molar-refractivity contribution in [2.24, 2.45) is 0 Å². The molecule has 0 heterocycles. The minimum atomic E-state index is -0.0952. The molecular formula is C14H20BrClN2O. The van der Waals surface area contributed by atoms with Gasteiger partial charge < -0.3 is 5.32 Å². The molecule has 1 aromatic carbocycles. The lowest BCUT2D eigenvalue weighted by Crippen LogP contribution is -2.42. The average Bonchev–Trinajstić information content (AvgIpc) is 2.36. The molecule has 0 bridgehead atoms. The van der Waals surface area contributed by atoms with Gasteiger partial charge in [0, 0.05) is 27.6 Å². The summed E-state index contributed by atoms with van der Waals surface area (Å²) in [5, 5.41) is 3.49. The van der Waals surface area contributed by atoms with Gasteiger partial charge in [-0.15, -0.1) is 0 Å². The number of nitrogens with one attached hydrogen (secondary N) is 1. The first kappa shape index (κ1) is 16.5. The summed E-state index contributed by atoms with van der Waals surface area (Å²) in [5.74, 6) is -0.0952. The number of benzene rings is 1. The summed E-state index contributed by atoms with van der Waals surface area (Å²) in [5.41, 5.74) is 0.575. The van der Waals surface area contributed by atoms with Gasteiger partial charge in [0.1, 0.15) is 0 Å². The lowest BCUT2D eigenvalue weighted by molar-refractivity contribution is 0.0938. The van der Waals surface area contributed by atoms with E-state index >= 15 is 0 Å². The fraction of sp³-hybridized carbons (Fsp3) is 0.500. The number of amides is 1. The van der Waals surface area contributed by atoms with Gasteiger partial charge in [-0.05, 0) is 38.2 Å². The number of rotatable bonds is 6. The third kappa shape index (κ3) is 5.13. The normalized spacial score (nSPS) is 12.5. The first-order valence-electron chi connectivity index (χ1n) is 6.46. The van der Waals surface area contributed by atoms with Crippen LogP contribution < -0.4 is 5.32 Å². The van der Waals surface area contributed by atoms with Crippen molar-refractivity contribution in [3.05, 3.63) is 33.3 Å². The molecule has 0 aliphatic heterocycles. The van der Waals surface area contributed by atoms with Gasteiger partial charge in [0.15, 0.2) is 0 Å². The summed E-state index contributed by atoms with van der Waals surface area (Å²) in [4.78, 5) is 14.3. The molecule has 106 valence electrons. The first-order valence-corrected chi connectivity index (χ1v) is 7.63. The Morgan fingerprint density at radius 2 is 2.00 bits per heavy atom. The SMILES string of the molecule is CCN(CC)C(C)CNC(=O)c1cc(Cl)cc(Br)c1. The molecule has 0 fully saturated rings. The molecule has 1 amide bonds. The Hall–Kier alpha value is -0.580. The van der Waals surface area contributed by atoms with E-state index in [2.05, 4.69) is 46.9 Å². The van der Waals surface area contributed by atoms with Gasteiger partial charge in [0.05, 0.1) is 0 Å². The maximum absolute atomic E-state index is 12.0. The smallest absolute Gasteiger partial charge is 0.251 e. The van der Waals surface area contributed by atoms with E-state index in [1.807, 2.05) is 0 Å². The Bertz CT molecular complexity index is 415. The van der Waals surface area contributed by atoms with Gasteiger partial charge in [-0.3, -0.25) is 9.69 Å². The van der Waals surface area contributed by atoms with E-state index in [-0.39, 0.29) is 5.91 Å². The molecular weight excluding hydrogens is 328 g/mol. The second kappa shape index (κ2) is 7.88. The minimum Gasteiger partial charge on any atom is -0.350 e. The molecule has 1 atom stereocenters. The number of hydrogen-bond donors (Lipinski definition) is 1. The van der Waals surface area contributed by atoms with Crippen LogP contribution in [0, 0.1) is 0 Å². The fourth-order valence-electron chi connectivity index (χ4n) is 2.00. The van der Waals surface area contributed by atoms with Crippen LogP contribution in [0.4, 0.5) is 0 Å². The molecule has 0 saturated heterocycles. The Kier molecular flexibility index (Phi) is 6.83. The van der Waals surface area contributed by atoms with E-state index in [9.17, 15) is 4.79 Å². The van der Waals surface area contributed by atoms with E-state index in [1.165, 1.54) is 0 Å². The lowest BCUT2D eigenvalue weighted by Gasteiger charge is -2.26. The predicted octanol–water partition coefficient (Wildman–Crippen LogP) is 3.56. The van der Waals surface area contributed by atoms with Crippen molar-refractivity contribution >= 4 is 33.4 Å². The van der Waals surface area contributed by atoms with E-state index < -0.39 is 0 Å². The molecule has 1 N–H and O–H groups in total. The van der Waals surface area contributed by atoms with Crippen molar-refractivity contribution in [3.8, 4) is 0 Å². The van der Waals surface area contributed by atoms with Crippen LogP contribution in [0.1, 0.15) is 31.1 Å². The second-order valence-corrected chi connectivity index (χ2v) is 5.79. The van der Waals surface area contributed by atoms with Crippen LogP contribution in [0.15, 0.2) is 22.7 Å². The van der Waals surface area contributed by atoms with Gasteiger partial charge in [-0.25, -0.2) is 0 Å². The van der Waals surface area contributed by atoms with Crippen molar-refractivity contribution < 1.29 is 4.79 Å². The van der Waals surface area contributed by atoms with E-state index in [0.29, 0.717) is 23.2 Å². The van der Waals surface area contributed by atoms with Crippen molar-refractivity contribution in [1.29, 1.82) is 0 Å². The standard InChI is InChI=1S/C14H20BrClN2O/c1-4-18(5-2)10(3)9-17-14(19)11-6-12(15)8-13(16)7-11/h6-8,10H,4-5,9H2,1-3H3,(H,17,19). The van der Waals surface area contributed by atoms with Crippen LogP contribution in [0.25, 0.3) is 0 Å². The second-order valence-electron chi connectivity index (χ2n) is 4.44. The molecule has 0 aliphatic rings. The fourth-order valence-corrected chi connectivity index (χ4v) is 2.86. The van der Waals surface area contributed by atoms with Crippen LogP contribution in [0.5, 0.6) is 0 Å². The van der Waals surface area contributed by atoms with Crippen LogP contribution in [0.3, 0.4) is 0 Å². The third-order valence-electron chi connectivity index (χ3n) is 3.12. The molecule has 3 nitrogen and oxygen atoms in total. The Labute approximate surface area is 128 Å². The van der Waals surface area contributed by atoms with Gasteiger partial charge in [-0.2, -0.15) is 0 Å². The summed E-state index contributed by atoms with van der Waals surface area (Å²) in [7, 11) is 0. The number of hydrogen-bond acceptors (Lipinski definition) is 2. The van der Waals surface area contributed by atoms with Gasteiger partial charge >= 0.3 is 0 Å². The molecule has 0 aromatic heterocycles. The summed E-state index contributed by atoms with van der Waals surface area (Å²) in [6.45, 7) is 8.95. The molecule has 1 unspecified atom stereocenters. The van der Waals surface area contributed by atoms with Crippen LogP contribution in [-0.4, -0.2) is 36.5 Å². The molecule has 0 radical (unpaired) electrons. The zero-order chi connectivity index (χ0) is 14.4. The highest BCUT2D eigenvalue weighted by atomic mass is 79.9. The average molecular weight is 348 g/mol. The molecule has 0 aliphatic carbocycles. The monoisotopic (exact) mass is 346 g/mol. The zero-order valence-corrected chi connectivity index (χ0v) is 13.9. The van der Waals surface area contributed by atoms with Gasteiger partial charge in [0.25, 0.3) is 5.91 Å². The predicted molar refractivity (Wildman–Crippen MR) is 83.9 cm³/mol. The quantitative estimate of drug-likeness (QED) is 0.853. The van der Waals surface area contributed by atoms with Crippen LogP contribution in [-0.2, 0) is 0 Å². The van der Waals surface area contributed by atoms with E-state index in [0.717, 1.165) is 17.6 Å². The molecule has 1 rings (SSSR count). The largest absolute Gasteiger partial charge is 0.350 e. The Morgan fingerprint density at radius 1 is 1.37 bits per heavy atom. The summed E-state index contributed by atoms with van der Waals surface area (Å²) in [6, 6.07) is 5.52.